The number of nitrogens with zero attached hydrogens (tertiary/aromatic N) is 4. The fourth-order valence-electron chi connectivity index (χ4n) is 10.5. The number of likely N-dealkylation sites (N-methyl/N-ethyl adjacent to an activating group) is 2. The average molecular weight is 996 g/mol. The summed E-state index contributed by atoms with van der Waals surface area (Å²) in [7, 11) is 4.47. The van der Waals surface area contributed by atoms with Crippen LogP contribution in [0.3, 0.4) is 0 Å². The van der Waals surface area contributed by atoms with Crippen molar-refractivity contribution in [2.45, 2.75) is 322 Å². The molecule has 0 saturated heterocycles. The number of unbranched alkanes of at least 4 members (excludes halogenated alkanes) is 32. The lowest BCUT2D eigenvalue weighted by Gasteiger charge is -2.29. The molecule has 4 N–H and O–H groups in total. The van der Waals surface area contributed by atoms with E-state index in [0.29, 0.717) is 26.2 Å². The highest BCUT2D eigenvalue weighted by Crippen LogP contribution is 2.17. The molecule has 0 aromatic rings. The van der Waals surface area contributed by atoms with Gasteiger partial charge in [0.1, 0.15) is 0 Å². The van der Waals surface area contributed by atoms with Gasteiger partial charge in [0.05, 0.1) is 24.4 Å². The van der Waals surface area contributed by atoms with Crippen LogP contribution in [0.4, 0.5) is 0 Å². The Morgan fingerprint density at radius 3 is 0.614 bits per heavy atom. The number of rotatable bonds is 59. The van der Waals surface area contributed by atoms with Crippen LogP contribution in [-0.2, 0) is 0 Å². The molecule has 8 heteroatoms. The van der Waals surface area contributed by atoms with Crippen LogP contribution in [-0.4, -0.2) is 144 Å². The zero-order valence-electron chi connectivity index (χ0n) is 48.7. The summed E-state index contributed by atoms with van der Waals surface area (Å²) in [5.74, 6) is 0. The average Bonchev–Trinajstić information content (AvgIpc) is 3.33. The lowest BCUT2D eigenvalue weighted by molar-refractivity contribution is 0.0575. The quantitative estimate of drug-likeness (QED) is 0.0448. The largest absolute Gasteiger partial charge is 0.392 e. The Morgan fingerprint density at radius 2 is 0.414 bits per heavy atom. The van der Waals surface area contributed by atoms with E-state index in [9.17, 15) is 20.4 Å². The minimum Gasteiger partial charge on any atom is -0.392 e. The molecular weight excluding hydrogens is 865 g/mol. The van der Waals surface area contributed by atoms with Crippen LogP contribution in [0.2, 0.25) is 0 Å². The molecule has 0 heterocycles. The highest BCUT2D eigenvalue weighted by atomic mass is 16.3. The molecule has 0 aliphatic heterocycles. The van der Waals surface area contributed by atoms with E-state index < -0.39 is 0 Å². The highest BCUT2D eigenvalue weighted by molar-refractivity contribution is 4.73. The van der Waals surface area contributed by atoms with Gasteiger partial charge in [0.2, 0.25) is 0 Å². The topological polar surface area (TPSA) is 93.9 Å². The van der Waals surface area contributed by atoms with Gasteiger partial charge in [-0.1, -0.05) is 259 Å². The summed E-state index contributed by atoms with van der Waals surface area (Å²) in [6.07, 6.45) is 51.1. The Kier molecular flexibility index (Phi) is 54.7. The molecule has 0 bridgehead atoms. The van der Waals surface area contributed by atoms with Gasteiger partial charge in [-0.2, -0.15) is 0 Å². The van der Waals surface area contributed by atoms with Crippen molar-refractivity contribution in [3.63, 3.8) is 0 Å². The molecule has 4 unspecified atom stereocenters. The van der Waals surface area contributed by atoms with Crippen LogP contribution >= 0.6 is 0 Å². The van der Waals surface area contributed by atoms with E-state index in [1.807, 2.05) is 0 Å². The maximum absolute atomic E-state index is 11.1. The first-order valence-corrected chi connectivity index (χ1v) is 31.7. The molecule has 0 amide bonds. The lowest BCUT2D eigenvalue weighted by Crippen LogP contribution is -2.40. The summed E-state index contributed by atoms with van der Waals surface area (Å²) < 4.78 is 0. The van der Waals surface area contributed by atoms with Gasteiger partial charge in [-0.3, -0.25) is 9.80 Å². The maximum atomic E-state index is 11.1. The van der Waals surface area contributed by atoms with Crippen LogP contribution in [0.15, 0.2) is 0 Å². The van der Waals surface area contributed by atoms with Gasteiger partial charge in [0.15, 0.2) is 0 Å². The first-order valence-electron chi connectivity index (χ1n) is 31.7. The van der Waals surface area contributed by atoms with Crippen molar-refractivity contribution in [3.05, 3.63) is 0 Å². The van der Waals surface area contributed by atoms with E-state index >= 15 is 0 Å². The SMILES string of the molecule is CCCCCCCCCCCCC(O)CN(CCCN(C)CCN(C)CCCN(CC(O)CCCCCCCCCC)CC(O)CCCCCCCCCCCC)CC(O)CCCCCCCCCC. The zero-order valence-corrected chi connectivity index (χ0v) is 48.7. The van der Waals surface area contributed by atoms with Crippen LogP contribution in [0.25, 0.3) is 0 Å². The third kappa shape index (κ3) is 51.2. The summed E-state index contributed by atoms with van der Waals surface area (Å²) in [5, 5.41) is 44.5. The van der Waals surface area contributed by atoms with Gasteiger partial charge in [-0.15, -0.1) is 0 Å². The first kappa shape index (κ1) is 69.7. The second kappa shape index (κ2) is 54.9. The number of aliphatic hydroxyl groups excluding tert-OH is 4. The summed E-state index contributed by atoms with van der Waals surface area (Å²) in [6.45, 7) is 17.7. The summed E-state index contributed by atoms with van der Waals surface area (Å²) in [4.78, 5) is 9.62. The van der Waals surface area contributed by atoms with E-state index in [0.717, 1.165) is 103 Å². The van der Waals surface area contributed by atoms with E-state index in [4.69, 9.17) is 0 Å². The number of aliphatic hydroxyl groups is 4. The van der Waals surface area contributed by atoms with Gasteiger partial charge < -0.3 is 30.2 Å². The molecule has 0 aliphatic carbocycles. The second-order valence-electron chi connectivity index (χ2n) is 22.9. The van der Waals surface area contributed by atoms with Crippen molar-refractivity contribution in [1.29, 1.82) is 0 Å². The van der Waals surface area contributed by atoms with Crippen LogP contribution in [0, 0.1) is 0 Å². The van der Waals surface area contributed by atoms with Crippen LogP contribution < -0.4 is 0 Å². The van der Waals surface area contributed by atoms with Crippen molar-refractivity contribution >= 4 is 0 Å². The first-order chi connectivity index (χ1) is 34.1. The summed E-state index contributed by atoms with van der Waals surface area (Å²) in [6, 6.07) is 0. The van der Waals surface area contributed by atoms with Gasteiger partial charge in [0, 0.05) is 39.3 Å². The Hall–Kier alpha value is -0.320. The minimum absolute atomic E-state index is 0.321. The Bertz CT molecular complexity index is 918. The van der Waals surface area contributed by atoms with Crippen molar-refractivity contribution in [3.8, 4) is 0 Å². The standard InChI is InChI=1S/C62H130N4O4/c1-7-11-15-19-23-27-29-33-37-41-47-61(69)57-65(55-59(67)45-39-35-31-25-21-17-13-9-3)51-43-49-63(5)53-54-64(6)50-44-52-66(56-60(68)46-40-36-32-26-22-18-14-10-4)58-62(70)48-42-38-34-30-28-24-20-16-12-8-2/h59-62,67-70H,7-58H2,1-6H3. The van der Waals surface area contributed by atoms with Crippen LogP contribution in [0.1, 0.15) is 297 Å². The molecule has 422 valence electrons. The van der Waals surface area contributed by atoms with E-state index in [1.165, 1.54) is 205 Å². The van der Waals surface area contributed by atoms with Gasteiger partial charge >= 0.3 is 0 Å². The van der Waals surface area contributed by atoms with Gasteiger partial charge in [0.25, 0.3) is 0 Å². The third-order valence-electron chi connectivity index (χ3n) is 15.3. The fraction of sp³-hybridized carbons (Fsp3) is 1.00. The predicted molar refractivity (Wildman–Crippen MR) is 309 cm³/mol. The maximum Gasteiger partial charge on any atom is 0.0667 e. The molecule has 0 aromatic carbocycles. The predicted octanol–water partition coefficient (Wildman–Crippen LogP) is 15.4. The number of hydrogen-bond donors (Lipinski definition) is 4. The smallest absolute Gasteiger partial charge is 0.0667 e. The normalized spacial score (nSPS) is 14.0. The van der Waals surface area contributed by atoms with Crippen LogP contribution in [0.5, 0.6) is 0 Å². The van der Waals surface area contributed by atoms with Gasteiger partial charge in [-0.05, 0) is 78.8 Å². The van der Waals surface area contributed by atoms with Crippen molar-refractivity contribution < 1.29 is 20.4 Å². The third-order valence-corrected chi connectivity index (χ3v) is 15.3. The minimum atomic E-state index is -0.322. The summed E-state index contributed by atoms with van der Waals surface area (Å²) >= 11 is 0. The molecule has 0 aromatic heterocycles. The van der Waals surface area contributed by atoms with E-state index in [2.05, 4.69) is 61.4 Å². The second-order valence-corrected chi connectivity index (χ2v) is 22.9. The molecule has 0 spiro atoms. The lowest BCUT2D eigenvalue weighted by atomic mass is 10.0. The molecule has 0 saturated carbocycles. The fourth-order valence-corrected chi connectivity index (χ4v) is 10.5. The monoisotopic (exact) mass is 995 g/mol. The van der Waals surface area contributed by atoms with Gasteiger partial charge in [-0.25, -0.2) is 0 Å². The molecule has 4 atom stereocenters. The molecule has 70 heavy (non-hydrogen) atoms. The molecule has 0 radical (unpaired) electrons. The Labute approximate surface area is 439 Å². The Morgan fingerprint density at radius 1 is 0.229 bits per heavy atom. The molecule has 8 nitrogen and oxygen atoms in total. The van der Waals surface area contributed by atoms with Crippen molar-refractivity contribution in [1.82, 2.24) is 19.6 Å². The Balaban J connectivity index is 4.91. The summed E-state index contributed by atoms with van der Waals surface area (Å²) in [5.41, 5.74) is 0. The van der Waals surface area contributed by atoms with E-state index in [1.54, 1.807) is 0 Å². The molecule has 0 fully saturated rings. The number of hydrogen-bond acceptors (Lipinski definition) is 8. The molecule has 0 rings (SSSR count). The molecular formula is C62H130N4O4. The highest BCUT2D eigenvalue weighted by Gasteiger charge is 2.18. The van der Waals surface area contributed by atoms with Crippen molar-refractivity contribution in [2.75, 3.05) is 79.5 Å². The van der Waals surface area contributed by atoms with Crippen molar-refractivity contribution in [2.24, 2.45) is 0 Å². The zero-order chi connectivity index (χ0) is 51.4. The van der Waals surface area contributed by atoms with E-state index in [-0.39, 0.29) is 24.4 Å². The molecule has 0 aliphatic rings.